The normalized spacial score (nSPS) is 11.7. The Bertz CT molecular complexity index is 2080. The van der Waals surface area contributed by atoms with Crippen molar-refractivity contribution in [3.05, 3.63) is 128 Å². The van der Waals surface area contributed by atoms with Crippen LogP contribution in [0.3, 0.4) is 0 Å². The lowest BCUT2D eigenvalue weighted by Crippen LogP contribution is -2.02. The van der Waals surface area contributed by atoms with Crippen molar-refractivity contribution in [3.63, 3.8) is 0 Å². The minimum Gasteiger partial charge on any atom is -0.460 e. The van der Waals surface area contributed by atoms with Gasteiger partial charge in [-0.15, -0.1) is 0 Å². The van der Waals surface area contributed by atoms with Crippen LogP contribution in [0.15, 0.2) is 132 Å². The van der Waals surface area contributed by atoms with Gasteiger partial charge in [0.25, 0.3) is 0 Å². The molecule has 0 N–H and O–H groups in total. The molecule has 0 amide bonds. The number of aromatic nitrogens is 3. The van der Waals surface area contributed by atoms with Crippen LogP contribution < -0.4 is 0 Å². The second-order valence-corrected chi connectivity index (χ2v) is 9.48. The quantitative estimate of drug-likeness (QED) is 0.250. The zero-order valence-corrected chi connectivity index (χ0v) is 20.4. The van der Waals surface area contributed by atoms with Crippen molar-refractivity contribution in [2.24, 2.45) is 0 Å². The van der Waals surface area contributed by atoms with Crippen LogP contribution in [-0.4, -0.2) is 14.5 Å². The van der Waals surface area contributed by atoms with Crippen LogP contribution in [0.5, 0.6) is 0 Å². The summed E-state index contributed by atoms with van der Waals surface area (Å²) in [6.07, 6.45) is 1.68. The van der Waals surface area contributed by atoms with Crippen molar-refractivity contribution < 1.29 is 4.42 Å². The van der Waals surface area contributed by atoms with Gasteiger partial charge in [-0.25, -0.2) is 9.97 Å². The molecule has 3 aromatic heterocycles. The number of hydrogen-bond donors (Lipinski definition) is 0. The number of furan rings is 1. The summed E-state index contributed by atoms with van der Waals surface area (Å²) < 4.78 is 8.03. The summed E-state index contributed by atoms with van der Waals surface area (Å²) >= 11 is 0. The van der Waals surface area contributed by atoms with Gasteiger partial charge in [-0.3, -0.25) is 4.57 Å². The molecule has 5 aromatic carbocycles. The van der Waals surface area contributed by atoms with Gasteiger partial charge in [-0.1, -0.05) is 103 Å². The molecule has 8 aromatic rings. The van der Waals surface area contributed by atoms with Crippen molar-refractivity contribution in [1.29, 1.82) is 0 Å². The number of para-hydroxylation sites is 2. The maximum absolute atomic E-state index is 5.89. The second kappa shape index (κ2) is 8.15. The van der Waals surface area contributed by atoms with Crippen molar-refractivity contribution in [2.75, 3.05) is 0 Å². The van der Waals surface area contributed by atoms with E-state index in [4.69, 9.17) is 14.4 Å². The minimum absolute atomic E-state index is 0.629. The van der Waals surface area contributed by atoms with E-state index in [0.717, 1.165) is 33.4 Å². The van der Waals surface area contributed by atoms with E-state index in [1.165, 1.54) is 27.1 Å². The van der Waals surface area contributed by atoms with Crippen LogP contribution in [0.1, 0.15) is 0 Å². The Kier molecular flexibility index (Phi) is 4.49. The molecule has 0 atom stereocenters. The van der Waals surface area contributed by atoms with E-state index < -0.39 is 0 Å². The van der Waals surface area contributed by atoms with Gasteiger partial charge in [0.1, 0.15) is 11.2 Å². The molecule has 3 heterocycles. The lowest BCUT2D eigenvalue weighted by atomic mass is 9.97. The van der Waals surface area contributed by atoms with Crippen LogP contribution in [0.25, 0.3) is 72.0 Å². The Labute approximate surface area is 218 Å². The number of hydrogen-bond acceptors (Lipinski definition) is 3. The minimum atomic E-state index is 0.629. The van der Waals surface area contributed by atoms with E-state index >= 15 is 0 Å². The van der Waals surface area contributed by atoms with E-state index in [2.05, 4.69) is 120 Å². The van der Waals surface area contributed by atoms with Gasteiger partial charge in [0.05, 0.1) is 17.3 Å². The van der Waals surface area contributed by atoms with Gasteiger partial charge < -0.3 is 4.42 Å². The first-order valence-electron chi connectivity index (χ1n) is 12.7. The van der Waals surface area contributed by atoms with E-state index in [9.17, 15) is 0 Å². The third kappa shape index (κ3) is 3.10. The molecule has 0 radical (unpaired) electrons. The molecule has 0 fully saturated rings. The summed E-state index contributed by atoms with van der Waals surface area (Å²) in [5.74, 6) is 0.629. The molecular weight excluding hydrogens is 466 g/mol. The van der Waals surface area contributed by atoms with Crippen molar-refractivity contribution in [3.8, 4) is 28.3 Å². The van der Waals surface area contributed by atoms with E-state index in [0.29, 0.717) is 11.5 Å². The average molecular weight is 488 g/mol. The topological polar surface area (TPSA) is 43.9 Å². The summed E-state index contributed by atoms with van der Waals surface area (Å²) in [4.78, 5) is 10.0. The number of fused-ring (bicyclic) bond motifs is 5. The van der Waals surface area contributed by atoms with Crippen molar-refractivity contribution in [2.45, 2.75) is 0 Å². The Morgan fingerprint density at radius 1 is 0.526 bits per heavy atom. The molecule has 0 aliphatic carbocycles. The maximum Gasteiger partial charge on any atom is 0.236 e. The molecular formula is C34H21N3O. The third-order valence-corrected chi connectivity index (χ3v) is 7.33. The summed E-state index contributed by atoms with van der Waals surface area (Å²) in [5.41, 5.74) is 7.77. The molecule has 0 aliphatic heterocycles. The lowest BCUT2D eigenvalue weighted by molar-refractivity contribution is 0.614. The van der Waals surface area contributed by atoms with Gasteiger partial charge in [0, 0.05) is 22.4 Å². The Morgan fingerprint density at radius 2 is 1.16 bits per heavy atom. The summed E-state index contributed by atoms with van der Waals surface area (Å²) in [6.45, 7) is 0. The smallest absolute Gasteiger partial charge is 0.236 e. The van der Waals surface area contributed by atoms with E-state index in [1.54, 1.807) is 6.26 Å². The predicted octanol–water partition coefficient (Wildman–Crippen LogP) is 8.81. The molecule has 4 heteroatoms. The highest BCUT2D eigenvalue weighted by molar-refractivity contribution is 6.09. The van der Waals surface area contributed by atoms with Crippen molar-refractivity contribution >= 4 is 43.7 Å². The molecule has 0 saturated carbocycles. The summed E-state index contributed by atoms with van der Waals surface area (Å²) in [6, 6.07) is 42.2. The Balaban J connectivity index is 1.32. The molecule has 0 bridgehead atoms. The predicted molar refractivity (Wildman–Crippen MR) is 155 cm³/mol. The van der Waals surface area contributed by atoms with Crippen molar-refractivity contribution in [1.82, 2.24) is 14.5 Å². The summed E-state index contributed by atoms with van der Waals surface area (Å²) in [5, 5.41) is 4.84. The highest BCUT2D eigenvalue weighted by Gasteiger charge is 2.18. The van der Waals surface area contributed by atoms with E-state index in [-0.39, 0.29) is 0 Å². The van der Waals surface area contributed by atoms with Gasteiger partial charge >= 0.3 is 0 Å². The zero-order valence-electron chi connectivity index (χ0n) is 20.4. The van der Waals surface area contributed by atoms with Crippen LogP contribution >= 0.6 is 0 Å². The molecule has 8 rings (SSSR count). The fourth-order valence-electron chi connectivity index (χ4n) is 5.57. The van der Waals surface area contributed by atoms with Gasteiger partial charge in [-0.2, -0.15) is 0 Å². The monoisotopic (exact) mass is 487 g/mol. The van der Waals surface area contributed by atoms with Crippen LogP contribution in [0, 0.1) is 0 Å². The standard InChI is InChI=1S/C34H21N3O/c1-2-10-25-22(8-1)9-7-13-26(25)23-16-18-24(19-17-23)32-33-29(20-21-38-33)35-34(36-32)37-30-14-5-3-11-27(30)28-12-4-6-15-31(28)37/h1-21H. The first kappa shape index (κ1) is 20.9. The highest BCUT2D eigenvalue weighted by Crippen LogP contribution is 2.35. The Morgan fingerprint density at radius 3 is 1.92 bits per heavy atom. The maximum atomic E-state index is 5.89. The first-order valence-corrected chi connectivity index (χ1v) is 12.7. The zero-order chi connectivity index (χ0) is 25.1. The highest BCUT2D eigenvalue weighted by atomic mass is 16.3. The van der Waals surface area contributed by atoms with Crippen LogP contribution in [0.4, 0.5) is 0 Å². The molecule has 0 aliphatic rings. The van der Waals surface area contributed by atoms with Gasteiger partial charge in [-0.05, 0) is 34.0 Å². The first-order chi connectivity index (χ1) is 18.8. The van der Waals surface area contributed by atoms with Gasteiger partial charge in [0.2, 0.25) is 5.95 Å². The van der Waals surface area contributed by atoms with Gasteiger partial charge in [0.15, 0.2) is 5.58 Å². The molecule has 4 nitrogen and oxygen atoms in total. The fraction of sp³-hybridized carbons (Fsp3) is 0. The lowest BCUT2D eigenvalue weighted by Gasteiger charge is -2.10. The van der Waals surface area contributed by atoms with E-state index in [1.807, 2.05) is 6.07 Å². The summed E-state index contributed by atoms with van der Waals surface area (Å²) in [7, 11) is 0. The molecule has 0 saturated heterocycles. The number of rotatable bonds is 3. The average Bonchev–Trinajstić information content (AvgIpc) is 3.59. The van der Waals surface area contributed by atoms with Crippen LogP contribution in [-0.2, 0) is 0 Å². The Hall–Kier alpha value is -5.22. The molecule has 0 spiro atoms. The molecule has 0 unspecified atom stereocenters. The molecule has 38 heavy (non-hydrogen) atoms. The molecule has 178 valence electrons. The second-order valence-electron chi connectivity index (χ2n) is 9.48. The SMILES string of the molecule is c1ccc2c(-c3ccc(-c4nc(-n5c6ccccc6c6ccccc65)nc5ccoc45)cc3)cccc2c1. The number of benzene rings is 5. The number of nitrogens with zero attached hydrogens (tertiary/aromatic N) is 3. The third-order valence-electron chi connectivity index (χ3n) is 7.33. The fourth-order valence-corrected chi connectivity index (χ4v) is 5.57. The largest absolute Gasteiger partial charge is 0.460 e. The van der Waals surface area contributed by atoms with Crippen LogP contribution in [0.2, 0.25) is 0 Å².